The average Bonchev–Trinajstić information content (AvgIpc) is 3.13. The van der Waals surface area contributed by atoms with Gasteiger partial charge in [0.25, 0.3) is 0 Å². The predicted molar refractivity (Wildman–Crippen MR) is 201 cm³/mol. The molecule has 14 rings (SSSR count). The highest BCUT2D eigenvalue weighted by Gasteiger charge is 2.30. The van der Waals surface area contributed by atoms with Crippen molar-refractivity contribution in [3.8, 4) is 0 Å². The molecule has 0 saturated heterocycles. The zero-order chi connectivity index (χ0) is 32.1. The smallest absolute Gasteiger partial charge is 0.0760 e. The predicted octanol–water partition coefficient (Wildman–Crippen LogP) is 10.5. The number of benzene rings is 6. The third-order valence-corrected chi connectivity index (χ3v) is 10.4. The summed E-state index contributed by atoms with van der Waals surface area (Å²) in [6.45, 7) is 0. The molecule has 0 spiro atoms. The van der Waals surface area contributed by atoms with Gasteiger partial charge in [0.1, 0.15) is 0 Å². The zero-order valence-corrected chi connectivity index (χ0v) is 27.7. The largest absolute Gasteiger partial charge is 0.376 e. The van der Waals surface area contributed by atoms with Gasteiger partial charge in [-0.1, -0.05) is 121 Å². The maximum atomic E-state index is 4.11. The molecule has 8 bridgehead atoms. The van der Waals surface area contributed by atoms with E-state index in [1.165, 1.54) is 55.6 Å². The SMILES string of the molecule is c1ccc(N[C@H](c2cc3ccc2CCc2ccc(cc2)CC3)[C@@H](Nc2ccccc2)c2cc3ccc2CCc2ccc(cc2)CC3)cc1. The Hall–Kier alpha value is -5.08. The second-order valence-electron chi connectivity index (χ2n) is 13.7. The lowest BCUT2D eigenvalue weighted by Crippen LogP contribution is -2.28. The van der Waals surface area contributed by atoms with Crippen molar-refractivity contribution in [2.45, 2.75) is 63.5 Å². The maximum absolute atomic E-state index is 4.11. The topological polar surface area (TPSA) is 24.1 Å². The van der Waals surface area contributed by atoms with E-state index in [0.717, 1.165) is 62.7 Å². The Kier molecular flexibility index (Phi) is 8.80. The Balaban J connectivity index is 1.29. The van der Waals surface area contributed by atoms with Gasteiger partial charge >= 0.3 is 0 Å². The molecular weight excluding hydrogens is 581 g/mol. The van der Waals surface area contributed by atoms with Crippen LogP contribution in [0.3, 0.4) is 0 Å². The molecule has 238 valence electrons. The minimum Gasteiger partial charge on any atom is -0.376 e. The van der Waals surface area contributed by atoms with Crippen LogP contribution in [0, 0.1) is 0 Å². The minimum atomic E-state index is -0.00778. The summed E-state index contributed by atoms with van der Waals surface area (Å²) >= 11 is 0. The molecule has 2 atom stereocenters. The van der Waals surface area contributed by atoms with Crippen molar-refractivity contribution in [1.29, 1.82) is 0 Å². The maximum Gasteiger partial charge on any atom is 0.0760 e. The monoisotopic (exact) mass is 624 g/mol. The third-order valence-electron chi connectivity index (χ3n) is 10.4. The van der Waals surface area contributed by atoms with Crippen molar-refractivity contribution in [3.05, 3.63) is 201 Å². The van der Waals surface area contributed by atoms with Crippen LogP contribution < -0.4 is 10.6 Å². The van der Waals surface area contributed by atoms with Gasteiger partial charge in [-0.25, -0.2) is 0 Å². The molecule has 2 nitrogen and oxygen atoms in total. The van der Waals surface area contributed by atoms with Crippen LogP contribution in [0.4, 0.5) is 11.4 Å². The van der Waals surface area contributed by atoms with Crippen LogP contribution in [0.1, 0.15) is 67.7 Å². The number of rotatable bonds is 7. The Bertz CT molecular complexity index is 1810. The lowest BCUT2D eigenvalue weighted by Gasteiger charge is -2.35. The van der Waals surface area contributed by atoms with E-state index < -0.39 is 0 Å². The van der Waals surface area contributed by atoms with Crippen LogP contribution in [0.25, 0.3) is 0 Å². The van der Waals surface area contributed by atoms with Gasteiger partial charge in [-0.05, 0) is 131 Å². The van der Waals surface area contributed by atoms with Gasteiger partial charge in [0.2, 0.25) is 0 Å². The van der Waals surface area contributed by atoms with Crippen molar-refractivity contribution >= 4 is 11.4 Å². The fourth-order valence-electron chi connectivity index (χ4n) is 7.62. The van der Waals surface area contributed by atoms with E-state index in [0.29, 0.717) is 0 Å². The Morgan fingerprint density at radius 2 is 0.625 bits per heavy atom. The molecule has 0 radical (unpaired) electrons. The van der Waals surface area contributed by atoms with Crippen molar-refractivity contribution in [2.24, 2.45) is 0 Å². The second kappa shape index (κ2) is 14.0. The molecule has 0 unspecified atom stereocenters. The molecule has 0 fully saturated rings. The van der Waals surface area contributed by atoms with E-state index in [-0.39, 0.29) is 12.1 Å². The molecule has 6 aromatic rings. The highest BCUT2D eigenvalue weighted by molar-refractivity contribution is 5.54. The van der Waals surface area contributed by atoms with Gasteiger partial charge in [0.15, 0.2) is 0 Å². The van der Waals surface area contributed by atoms with Crippen molar-refractivity contribution < 1.29 is 0 Å². The number of nitrogens with one attached hydrogen (secondary N) is 2. The highest BCUT2D eigenvalue weighted by atomic mass is 15.0. The average molecular weight is 625 g/mol. The summed E-state index contributed by atoms with van der Waals surface area (Å²) in [6, 6.07) is 54.9. The van der Waals surface area contributed by atoms with Gasteiger partial charge in [0.05, 0.1) is 12.1 Å². The fraction of sp³-hybridized carbons (Fsp3) is 0.217. The number of anilines is 2. The number of hydrogen-bond acceptors (Lipinski definition) is 2. The zero-order valence-electron chi connectivity index (χ0n) is 27.7. The fourth-order valence-corrected chi connectivity index (χ4v) is 7.62. The molecule has 0 saturated carbocycles. The van der Waals surface area contributed by atoms with Crippen LogP contribution in [0.5, 0.6) is 0 Å². The first-order valence-corrected chi connectivity index (χ1v) is 17.8. The summed E-state index contributed by atoms with van der Waals surface area (Å²) in [7, 11) is 0. The standard InChI is InChI=1S/C46H44N2/c1-3-7-41(8-4-1)47-45(43-31-37-21-19-33-11-15-35(16-12-33)23-27-39(43)29-25-37)46(48-42-9-5-2-6-10-42)44-32-38-22-20-34-13-17-36(18-14-34)24-28-40(44)30-26-38/h1-18,25-26,29-32,45-48H,19-24,27-28H2/t45-,46+. The van der Waals surface area contributed by atoms with Crippen LogP contribution >= 0.6 is 0 Å². The number of para-hydroxylation sites is 2. The molecule has 0 aliphatic heterocycles. The lowest BCUT2D eigenvalue weighted by atomic mass is 9.82. The molecule has 6 aromatic carbocycles. The Labute approximate surface area is 285 Å². The molecule has 8 aliphatic carbocycles. The van der Waals surface area contributed by atoms with Crippen molar-refractivity contribution in [1.82, 2.24) is 0 Å². The summed E-state index contributed by atoms with van der Waals surface area (Å²) in [5.41, 5.74) is 16.4. The normalized spacial score (nSPS) is 15.1. The molecule has 0 aromatic heterocycles. The van der Waals surface area contributed by atoms with Crippen LogP contribution in [-0.4, -0.2) is 0 Å². The van der Waals surface area contributed by atoms with Gasteiger partial charge in [-0.15, -0.1) is 0 Å². The van der Waals surface area contributed by atoms with Crippen LogP contribution in [0.15, 0.2) is 146 Å². The first-order valence-electron chi connectivity index (χ1n) is 17.8. The van der Waals surface area contributed by atoms with E-state index in [1.807, 2.05) is 0 Å². The molecule has 0 heterocycles. The lowest BCUT2D eigenvalue weighted by molar-refractivity contribution is 0.633. The van der Waals surface area contributed by atoms with Crippen molar-refractivity contribution in [3.63, 3.8) is 0 Å². The first kappa shape index (κ1) is 30.3. The van der Waals surface area contributed by atoms with E-state index in [1.54, 1.807) is 0 Å². The van der Waals surface area contributed by atoms with E-state index in [2.05, 4.69) is 156 Å². The van der Waals surface area contributed by atoms with E-state index in [9.17, 15) is 0 Å². The number of hydrogen-bond donors (Lipinski definition) is 2. The molecule has 48 heavy (non-hydrogen) atoms. The second-order valence-corrected chi connectivity index (χ2v) is 13.7. The van der Waals surface area contributed by atoms with Gasteiger partial charge < -0.3 is 10.6 Å². The summed E-state index contributed by atoms with van der Waals surface area (Å²) in [5.74, 6) is 0. The molecule has 0 amide bonds. The molecular formula is C46H44N2. The molecule has 8 aliphatic rings. The van der Waals surface area contributed by atoms with Gasteiger partial charge in [-0.2, -0.15) is 0 Å². The Morgan fingerprint density at radius 3 is 1.00 bits per heavy atom. The summed E-state index contributed by atoms with van der Waals surface area (Å²) < 4.78 is 0. The Morgan fingerprint density at radius 1 is 0.312 bits per heavy atom. The summed E-state index contributed by atoms with van der Waals surface area (Å²) in [6.07, 6.45) is 8.22. The summed E-state index contributed by atoms with van der Waals surface area (Å²) in [4.78, 5) is 0. The molecule has 2 N–H and O–H groups in total. The molecule has 2 heteroatoms. The van der Waals surface area contributed by atoms with Crippen LogP contribution in [-0.2, 0) is 51.4 Å². The van der Waals surface area contributed by atoms with Crippen molar-refractivity contribution in [2.75, 3.05) is 10.6 Å². The first-order chi connectivity index (χ1) is 23.7. The van der Waals surface area contributed by atoms with Gasteiger partial charge in [-0.3, -0.25) is 0 Å². The highest BCUT2D eigenvalue weighted by Crippen LogP contribution is 2.40. The van der Waals surface area contributed by atoms with E-state index in [4.69, 9.17) is 0 Å². The quantitative estimate of drug-likeness (QED) is 0.185. The third kappa shape index (κ3) is 6.94. The minimum absolute atomic E-state index is 0.00778. The number of aryl methyl sites for hydroxylation is 8. The van der Waals surface area contributed by atoms with Gasteiger partial charge in [0, 0.05) is 11.4 Å². The summed E-state index contributed by atoms with van der Waals surface area (Å²) in [5, 5.41) is 8.22. The van der Waals surface area contributed by atoms with E-state index >= 15 is 0 Å². The van der Waals surface area contributed by atoms with Crippen LogP contribution in [0.2, 0.25) is 0 Å².